The molecule has 6 nitrogen and oxygen atoms in total. The number of nitrogens with one attached hydrogen (secondary N) is 2. The van der Waals surface area contributed by atoms with E-state index in [1.54, 1.807) is 6.92 Å². The minimum atomic E-state index is -0.747. The Morgan fingerprint density at radius 1 is 1.21 bits per heavy atom. The Balaban J connectivity index is 2.18. The van der Waals surface area contributed by atoms with Crippen LogP contribution in [-0.2, 0) is 0 Å². The summed E-state index contributed by atoms with van der Waals surface area (Å²) in [7, 11) is 3.79. The molecule has 0 spiro atoms. The molecule has 0 aliphatic heterocycles. The summed E-state index contributed by atoms with van der Waals surface area (Å²) in [5.41, 5.74) is -0.199. The van der Waals surface area contributed by atoms with Crippen LogP contribution in [0.15, 0.2) is 24.3 Å². The van der Waals surface area contributed by atoms with Crippen LogP contribution in [0, 0.1) is 18.6 Å². The second-order valence-corrected chi connectivity index (χ2v) is 5.47. The number of carbonyl (C=O) groups is 1. The minimum Gasteiger partial charge on any atom is -0.349 e. The van der Waals surface area contributed by atoms with E-state index in [1.807, 2.05) is 19.0 Å². The average Bonchev–Trinajstić information content (AvgIpc) is 2.50. The van der Waals surface area contributed by atoms with Gasteiger partial charge in [-0.3, -0.25) is 4.79 Å². The van der Waals surface area contributed by atoms with Crippen molar-refractivity contribution in [3.63, 3.8) is 0 Å². The molecule has 8 heteroatoms. The summed E-state index contributed by atoms with van der Waals surface area (Å²) in [6.45, 7) is 2.74. The Labute approximate surface area is 138 Å². The summed E-state index contributed by atoms with van der Waals surface area (Å²) in [6.07, 6.45) is 0. The maximum absolute atomic E-state index is 13.7. The van der Waals surface area contributed by atoms with E-state index < -0.39 is 11.6 Å². The largest absolute Gasteiger partial charge is 0.349 e. The molecule has 0 fully saturated rings. The first kappa shape index (κ1) is 17.7. The van der Waals surface area contributed by atoms with Crippen molar-refractivity contribution in [2.75, 3.05) is 32.5 Å². The zero-order valence-electron chi connectivity index (χ0n) is 13.7. The van der Waals surface area contributed by atoms with Crippen LogP contribution in [0.2, 0.25) is 0 Å². The van der Waals surface area contributed by atoms with E-state index in [9.17, 15) is 13.6 Å². The van der Waals surface area contributed by atoms with E-state index in [4.69, 9.17) is 0 Å². The molecule has 1 heterocycles. The monoisotopic (exact) mass is 335 g/mol. The Kier molecular flexibility index (Phi) is 5.75. The predicted molar refractivity (Wildman–Crippen MR) is 87.3 cm³/mol. The quantitative estimate of drug-likeness (QED) is 0.846. The van der Waals surface area contributed by atoms with Crippen molar-refractivity contribution in [3.05, 3.63) is 47.4 Å². The Hall–Kier alpha value is -2.61. The van der Waals surface area contributed by atoms with Gasteiger partial charge in [-0.05, 0) is 33.2 Å². The minimum absolute atomic E-state index is 0.125. The number of aromatic nitrogens is 2. The van der Waals surface area contributed by atoms with Gasteiger partial charge in [0.1, 0.15) is 34.7 Å². The van der Waals surface area contributed by atoms with Crippen LogP contribution >= 0.6 is 0 Å². The van der Waals surface area contributed by atoms with Crippen molar-refractivity contribution >= 4 is 17.4 Å². The fourth-order valence-electron chi connectivity index (χ4n) is 1.98. The van der Waals surface area contributed by atoms with E-state index in [0.717, 1.165) is 12.1 Å². The molecule has 0 unspecified atom stereocenters. The van der Waals surface area contributed by atoms with Crippen LogP contribution in [0.1, 0.15) is 16.3 Å². The Bertz CT molecular complexity index is 716. The third kappa shape index (κ3) is 4.69. The van der Waals surface area contributed by atoms with Crippen LogP contribution in [0.25, 0.3) is 0 Å². The van der Waals surface area contributed by atoms with Crippen LogP contribution in [-0.4, -0.2) is 48.0 Å². The molecule has 1 aromatic heterocycles. The third-order valence-electron chi connectivity index (χ3n) is 3.13. The number of nitrogens with zero attached hydrogens (tertiary/aromatic N) is 3. The number of hydrogen-bond donors (Lipinski definition) is 2. The van der Waals surface area contributed by atoms with Gasteiger partial charge >= 0.3 is 0 Å². The summed E-state index contributed by atoms with van der Waals surface area (Å²) >= 11 is 0. The van der Waals surface area contributed by atoms with Crippen molar-refractivity contribution in [1.29, 1.82) is 0 Å². The van der Waals surface area contributed by atoms with Gasteiger partial charge in [-0.2, -0.15) is 0 Å². The second kappa shape index (κ2) is 7.78. The first-order valence-corrected chi connectivity index (χ1v) is 7.36. The van der Waals surface area contributed by atoms with Crippen LogP contribution in [0.5, 0.6) is 0 Å². The molecule has 1 amide bonds. The number of amides is 1. The predicted octanol–water partition coefficient (Wildman–Crippen LogP) is 2.10. The van der Waals surface area contributed by atoms with Crippen molar-refractivity contribution in [2.24, 2.45) is 0 Å². The van der Waals surface area contributed by atoms with E-state index >= 15 is 0 Å². The first-order valence-electron chi connectivity index (χ1n) is 7.36. The molecular weight excluding hydrogens is 316 g/mol. The molecule has 0 radical (unpaired) electrons. The molecule has 0 atom stereocenters. The van der Waals surface area contributed by atoms with E-state index in [0.29, 0.717) is 18.9 Å². The molecule has 0 aliphatic rings. The topological polar surface area (TPSA) is 70.2 Å². The lowest BCUT2D eigenvalue weighted by Gasteiger charge is -2.12. The van der Waals surface area contributed by atoms with Gasteiger partial charge in [0.05, 0.1) is 0 Å². The molecule has 128 valence electrons. The molecule has 0 saturated carbocycles. The molecule has 2 rings (SSSR count). The van der Waals surface area contributed by atoms with Gasteiger partial charge in [0.25, 0.3) is 5.91 Å². The summed E-state index contributed by atoms with van der Waals surface area (Å²) in [5, 5.41) is 5.29. The smallest absolute Gasteiger partial charge is 0.270 e. The van der Waals surface area contributed by atoms with Crippen molar-refractivity contribution < 1.29 is 13.6 Å². The normalized spacial score (nSPS) is 10.8. The van der Waals surface area contributed by atoms with Crippen LogP contribution < -0.4 is 10.6 Å². The van der Waals surface area contributed by atoms with E-state index in [-0.39, 0.29) is 23.1 Å². The number of carbonyl (C=O) groups excluding carboxylic acids is 1. The van der Waals surface area contributed by atoms with Gasteiger partial charge in [0, 0.05) is 19.2 Å². The number of anilines is 2. The number of aryl methyl sites for hydroxylation is 1. The molecule has 0 bridgehead atoms. The lowest BCUT2D eigenvalue weighted by atomic mass is 10.2. The highest BCUT2D eigenvalue weighted by Gasteiger charge is 2.13. The average molecular weight is 335 g/mol. The summed E-state index contributed by atoms with van der Waals surface area (Å²) in [5.74, 6) is -1.41. The summed E-state index contributed by atoms with van der Waals surface area (Å²) in [4.78, 5) is 22.2. The van der Waals surface area contributed by atoms with E-state index in [1.165, 1.54) is 12.1 Å². The Morgan fingerprint density at radius 2 is 1.88 bits per heavy atom. The molecule has 2 aromatic rings. The fourth-order valence-corrected chi connectivity index (χ4v) is 1.98. The zero-order valence-corrected chi connectivity index (χ0v) is 13.7. The lowest BCUT2D eigenvalue weighted by Crippen LogP contribution is -2.32. The van der Waals surface area contributed by atoms with Gasteiger partial charge < -0.3 is 15.5 Å². The van der Waals surface area contributed by atoms with Crippen LogP contribution in [0.4, 0.5) is 20.3 Å². The van der Waals surface area contributed by atoms with Gasteiger partial charge in [-0.15, -0.1) is 0 Å². The zero-order chi connectivity index (χ0) is 17.7. The Morgan fingerprint density at radius 3 is 2.50 bits per heavy atom. The van der Waals surface area contributed by atoms with Gasteiger partial charge in [-0.25, -0.2) is 18.7 Å². The summed E-state index contributed by atoms with van der Waals surface area (Å²) in [6, 6.07) is 4.89. The van der Waals surface area contributed by atoms with Gasteiger partial charge in [0.2, 0.25) is 0 Å². The maximum atomic E-state index is 13.7. The maximum Gasteiger partial charge on any atom is 0.270 e. The highest BCUT2D eigenvalue weighted by Crippen LogP contribution is 2.22. The highest BCUT2D eigenvalue weighted by atomic mass is 19.1. The standard InChI is InChI=1S/C16H19F2N5O/c1-10-20-13(16(24)19-7-8-23(2)3)9-14(21-10)22-15-11(17)5-4-6-12(15)18/h4-6,9H,7-8H2,1-3H3,(H,19,24)(H,20,21,22). The number of likely N-dealkylation sites (N-methyl/N-ethyl adjacent to an activating group) is 1. The van der Waals surface area contributed by atoms with Crippen LogP contribution in [0.3, 0.4) is 0 Å². The number of hydrogen-bond acceptors (Lipinski definition) is 5. The molecule has 0 aliphatic carbocycles. The summed E-state index contributed by atoms with van der Waals surface area (Å²) < 4.78 is 27.4. The number of para-hydroxylation sites is 1. The molecule has 24 heavy (non-hydrogen) atoms. The molecule has 1 aromatic carbocycles. The molecule has 0 saturated heterocycles. The van der Waals surface area contributed by atoms with Crippen molar-refractivity contribution in [3.8, 4) is 0 Å². The van der Waals surface area contributed by atoms with Crippen molar-refractivity contribution in [2.45, 2.75) is 6.92 Å². The number of benzene rings is 1. The SMILES string of the molecule is Cc1nc(Nc2c(F)cccc2F)cc(C(=O)NCCN(C)C)n1. The third-order valence-corrected chi connectivity index (χ3v) is 3.13. The number of halogens is 2. The lowest BCUT2D eigenvalue weighted by molar-refractivity contribution is 0.0945. The second-order valence-electron chi connectivity index (χ2n) is 5.47. The fraction of sp³-hybridized carbons (Fsp3) is 0.312. The van der Waals surface area contributed by atoms with Gasteiger partial charge in [-0.1, -0.05) is 6.07 Å². The first-order chi connectivity index (χ1) is 11.4. The highest BCUT2D eigenvalue weighted by molar-refractivity contribution is 5.93. The van der Waals surface area contributed by atoms with E-state index in [2.05, 4.69) is 20.6 Å². The number of rotatable bonds is 6. The molecular formula is C16H19F2N5O. The molecule has 2 N–H and O–H groups in total. The van der Waals surface area contributed by atoms with Gasteiger partial charge in [0.15, 0.2) is 0 Å². The van der Waals surface area contributed by atoms with Crippen molar-refractivity contribution in [1.82, 2.24) is 20.2 Å².